The number of carbonyl (C=O) groups excluding carboxylic acids is 1. The number of aryl methyl sites for hydroxylation is 1. The van der Waals surface area contributed by atoms with Crippen LogP contribution in [0.2, 0.25) is 0 Å². The van der Waals surface area contributed by atoms with Gasteiger partial charge in [0.2, 0.25) is 0 Å². The van der Waals surface area contributed by atoms with E-state index in [0.717, 1.165) is 24.8 Å². The summed E-state index contributed by atoms with van der Waals surface area (Å²) in [5.74, 6) is 0.583. The molecule has 0 heterocycles. The molecule has 1 rings (SSSR count). The van der Waals surface area contributed by atoms with Gasteiger partial charge in [-0.15, -0.1) is 0 Å². The van der Waals surface area contributed by atoms with Crippen LogP contribution in [0.1, 0.15) is 49.3 Å². The SMILES string of the molecule is CCCCCC(=O)Oc1ccc(C)c(C)c1C.[Na]. The summed E-state index contributed by atoms with van der Waals surface area (Å²) >= 11 is 0. The average Bonchev–Trinajstić information content (AvgIpc) is 2.30. The van der Waals surface area contributed by atoms with E-state index in [1.165, 1.54) is 11.1 Å². The molecule has 0 aliphatic carbocycles. The number of ether oxygens (including phenoxy) is 1. The van der Waals surface area contributed by atoms with E-state index in [9.17, 15) is 4.79 Å². The summed E-state index contributed by atoms with van der Waals surface area (Å²) in [5.41, 5.74) is 3.49. The van der Waals surface area contributed by atoms with Gasteiger partial charge in [-0.2, -0.15) is 0 Å². The van der Waals surface area contributed by atoms with Crippen molar-refractivity contribution >= 4 is 35.5 Å². The van der Waals surface area contributed by atoms with Crippen molar-refractivity contribution in [1.82, 2.24) is 0 Å². The van der Waals surface area contributed by atoms with Gasteiger partial charge in [0.05, 0.1) is 0 Å². The number of unbranched alkanes of at least 4 members (excludes halogenated alkanes) is 2. The van der Waals surface area contributed by atoms with Gasteiger partial charge in [0.1, 0.15) is 5.75 Å². The monoisotopic (exact) mass is 257 g/mol. The summed E-state index contributed by atoms with van der Waals surface area (Å²) in [5, 5.41) is 0. The van der Waals surface area contributed by atoms with E-state index in [-0.39, 0.29) is 35.5 Å². The van der Waals surface area contributed by atoms with Gasteiger partial charge in [-0.05, 0) is 49.9 Å². The normalized spacial score (nSPS) is 9.78. The van der Waals surface area contributed by atoms with Gasteiger partial charge in [-0.25, -0.2) is 0 Å². The molecule has 1 aromatic rings. The van der Waals surface area contributed by atoms with Crippen LogP contribution < -0.4 is 4.74 Å². The fraction of sp³-hybridized carbons (Fsp3) is 0.533. The van der Waals surface area contributed by atoms with E-state index in [2.05, 4.69) is 20.8 Å². The van der Waals surface area contributed by atoms with Crippen LogP contribution in [0.15, 0.2) is 12.1 Å². The van der Waals surface area contributed by atoms with Crippen LogP contribution in [-0.4, -0.2) is 35.5 Å². The Morgan fingerprint density at radius 3 is 2.39 bits per heavy atom. The molecule has 0 atom stereocenters. The summed E-state index contributed by atoms with van der Waals surface area (Å²) in [6.45, 7) is 8.24. The third kappa shape index (κ3) is 5.13. The fourth-order valence-electron chi connectivity index (χ4n) is 1.73. The summed E-state index contributed by atoms with van der Waals surface area (Å²) < 4.78 is 5.39. The molecule has 2 nitrogen and oxygen atoms in total. The Bertz CT molecular complexity index is 400. The molecule has 0 saturated carbocycles. The van der Waals surface area contributed by atoms with Crippen LogP contribution >= 0.6 is 0 Å². The fourth-order valence-corrected chi connectivity index (χ4v) is 1.73. The molecule has 0 amide bonds. The summed E-state index contributed by atoms with van der Waals surface area (Å²) in [7, 11) is 0. The van der Waals surface area contributed by atoms with E-state index >= 15 is 0 Å². The van der Waals surface area contributed by atoms with Crippen LogP contribution in [0.4, 0.5) is 0 Å². The number of carbonyl (C=O) groups is 1. The molecule has 0 aliphatic heterocycles. The average molecular weight is 257 g/mol. The first-order valence-corrected chi connectivity index (χ1v) is 6.33. The van der Waals surface area contributed by atoms with Gasteiger partial charge in [0, 0.05) is 36.0 Å². The molecule has 0 saturated heterocycles. The Labute approximate surface area is 132 Å². The molecule has 0 N–H and O–H groups in total. The predicted molar refractivity (Wildman–Crippen MR) is 76.2 cm³/mol. The van der Waals surface area contributed by atoms with Crippen LogP contribution in [0.25, 0.3) is 0 Å². The van der Waals surface area contributed by atoms with Crippen molar-refractivity contribution in [2.45, 2.75) is 53.4 Å². The Hall–Kier alpha value is -0.310. The molecule has 3 heteroatoms. The van der Waals surface area contributed by atoms with Crippen molar-refractivity contribution in [2.75, 3.05) is 0 Å². The number of hydrogen-bond donors (Lipinski definition) is 0. The van der Waals surface area contributed by atoms with Gasteiger partial charge in [0.25, 0.3) is 0 Å². The van der Waals surface area contributed by atoms with E-state index in [1.807, 2.05) is 19.1 Å². The standard InChI is InChI=1S/C15H22O2.Na/c1-5-6-7-8-15(16)17-14-10-9-11(2)12(3)13(14)4;/h9-10H,5-8H2,1-4H3;. The maximum absolute atomic E-state index is 11.6. The first-order chi connectivity index (χ1) is 8.06. The van der Waals surface area contributed by atoms with Gasteiger partial charge in [0.15, 0.2) is 0 Å². The minimum Gasteiger partial charge on any atom is -0.426 e. The van der Waals surface area contributed by atoms with Crippen LogP contribution in [0.5, 0.6) is 5.75 Å². The summed E-state index contributed by atoms with van der Waals surface area (Å²) in [4.78, 5) is 11.6. The maximum atomic E-state index is 11.6. The Kier molecular flexibility index (Phi) is 8.58. The zero-order chi connectivity index (χ0) is 12.8. The number of hydrogen-bond acceptors (Lipinski definition) is 2. The van der Waals surface area contributed by atoms with Crippen LogP contribution in [0.3, 0.4) is 0 Å². The zero-order valence-electron chi connectivity index (χ0n) is 12.3. The van der Waals surface area contributed by atoms with Crippen molar-refractivity contribution in [2.24, 2.45) is 0 Å². The predicted octanol–water partition coefficient (Wildman–Crippen LogP) is 3.72. The number of rotatable bonds is 5. The van der Waals surface area contributed by atoms with Crippen molar-refractivity contribution in [1.29, 1.82) is 0 Å². The van der Waals surface area contributed by atoms with Crippen molar-refractivity contribution < 1.29 is 9.53 Å². The molecule has 1 aromatic carbocycles. The van der Waals surface area contributed by atoms with Crippen molar-refractivity contribution in [3.63, 3.8) is 0 Å². The molecular formula is C15H22NaO2. The minimum atomic E-state index is -0.121. The maximum Gasteiger partial charge on any atom is 0.311 e. The van der Waals surface area contributed by atoms with Gasteiger partial charge < -0.3 is 4.74 Å². The number of benzene rings is 1. The molecule has 0 aromatic heterocycles. The van der Waals surface area contributed by atoms with E-state index in [0.29, 0.717) is 12.2 Å². The smallest absolute Gasteiger partial charge is 0.311 e. The minimum absolute atomic E-state index is 0. The first kappa shape index (κ1) is 17.7. The second-order valence-electron chi connectivity index (χ2n) is 4.56. The number of esters is 1. The second-order valence-corrected chi connectivity index (χ2v) is 4.56. The van der Waals surface area contributed by atoms with E-state index < -0.39 is 0 Å². The first-order valence-electron chi connectivity index (χ1n) is 6.33. The Morgan fingerprint density at radius 2 is 1.78 bits per heavy atom. The zero-order valence-corrected chi connectivity index (χ0v) is 14.3. The molecule has 1 radical (unpaired) electrons. The van der Waals surface area contributed by atoms with Crippen LogP contribution in [0, 0.1) is 20.8 Å². The molecule has 0 unspecified atom stereocenters. The molecular weight excluding hydrogens is 235 g/mol. The van der Waals surface area contributed by atoms with Gasteiger partial charge in [-0.1, -0.05) is 25.8 Å². The van der Waals surface area contributed by atoms with E-state index in [4.69, 9.17) is 4.74 Å². The Balaban J connectivity index is 0.00000289. The Morgan fingerprint density at radius 1 is 1.11 bits per heavy atom. The molecule has 0 fully saturated rings. The molecule has 18 heavy (non-hydrogen) atoms. The molecule has 95 valence electrons. The third-order valence-electron chi connectivity index (χ3n) is 3.22. The molecule has 0 bridgehead atoms. The summed E-state index contributed by atoms with van der Waals surface area (Å²) in [6, 6.07) is 3.88. The summed E-state index contributed by atoms with van der Waals surface area (Å²) in [6.07, 6.45) is 3.64. The second kappa shape index (κ2) is 8.73. The van der Waals surface area contributed by atoms with Gasteiger partial charge >= 0.3 is 5.97 Å². The topological polar surface area (TPSA) is 26.3 Å². The van der Waals surface area contributed by atoms with Crippen molar-refractivity contribution in [3.05, 3.63) is 28.8 Å². The largest absolute Gasteiger partial charge is 0.426 e. The quantitative estimate of drug-likeness (QED) is 0.348. The van der Waals surface area contributed by atoms with E-state index in [1.54, 1.807) is 0 Å². The van der Waals surface area contributed by atoms with Crippen molar-refractivity contribution in [3.8, 4) is 5.75 Å². The van der Waals surface area contributed by atoms with Crippen LogP contribution in [-0.2, 0) is 4.79 Å². The molecule has 0 aliphatic rings. The third-order valence-corrected chi connectivity index (χ3v) is 3.22. The molecule has 0 spiro atoms. The van der Waals surface area contributed by atoms with Gasteiger partial charge in [-0.3, -0.25) is 4.79 Å².